The molecule has 0 atom stereocenters. The molecule has 1 heterocycles. The van der Waals surface area contributed by atoms with Crippen molar-refractivity contribution >= 4 is 0 Å². The number of piperidine rings is 1. The summed E-state index contributed by atoms with van der Waals surface area (Å²) in [5.74, 6) is 0. The summed E-state index contributed by atoms with van der Waals surface area (Å²) in [6, 6.07) is 0.676. The van der Waals surface area contributed by atoms with Crippen LogP contribution < -0.4 is 0 Å². The van der Waals surface area contributed by atoms with E-state index in [2.05, 4.69) is 46.4 Å². The van der Waals surface area contributed by atoms with Crippen LogP contribution in [-0.4, -0.2) is 23.0 Å². The van der Waals surface area contributed by atoms with Crippen molar-refractivity contribution in [1.29, 1.82) is 0 Å². The maximum atomic E-state index is 2.65. The highest BCUT2D eigenvalue weighted by Gasteiger charge is 2.38. The van der Waals surface area contributed by atoms with E-state index in [1.54, 1.807) is 0 Å². The van der Waals surface area contributed by atoms with Crippen molar-refractivity contribution in [3.63, 3.8) is 0 Å². The van der Waals surface area contributed by atoms with Gasteiger partial charge in [0, 0.05) is 18.1 Å². The number of nitrogens with zero attached hydrogens (tertiary/aromatic N) is 1. The lowest BCUT2D eigenvalue weighted by molar-refractivity contribution is -0.0117. The molecule has 13 heavy (non-hydrogen) atoms. The first-order valence-electron chi connectivity index (χ1n) is 5.51. The van der Waals surface area contributed by atoms with E-state index in [1.807, 2.05) is 0 Å². The van der Waals surface area contributed by atoms with Gasteiger partial charge >= 0.3 is 0 Å². The summed E-state index contributed by atoms with van der Waals surface area (Å²) in [6.07, 6.45) is 2.70. The second-order valence-electron chi connectivity index (χ2n) is 6.20. The zero-order valence-electron chi connectivity index (χ0n) is 10.1. The second-order valence-corrected chi connectivity index (χ2v) is 6.20. The van der Waals surface area contributed by atoms with Crippen LogP contribution in [0.5, 0.6) is 0 Å². The van der Waals surface area contributed by atoms with Crippen LogP contribution in [0.1, 0.15) is 54.4 Å². The van der Waals surface area contributed by atoms with E-state index in [4.69, 9.17) is 0 Å². The van der Waals surface area contributed by atoms with Gasteiger partial charge in [0.05, 0.1) is 0 Å². The molecule has 1 rings (SSSR count). The molecule has 78 valence electrons. The van der Waals surface area contributed by atoms with E-state index < -0.39 is 0 Å². The molecule has 0 amide bonds. The summed E-state index contributed by atoms with van der Waals surface area (Å²) in [7, 11) is 0. The highest BCUT2D eigenvalue weighted by Crippen LogP contribution is 2.38. The van der Waals surface area contributed by atoms with E-state index in [9.17, 15) is 0 Å². The maximum absolute atomic E-state index is 2.65. The van der Waals surface area contributed by atoms with Gasteiger partial charge in [0.2, 0.25) is 0 Å². The summed E-state index contributed by atoms with van der Waals surface area (Å²) in [6.45, 7) is 15.4. The molecular weight excluding hydrogens is 158 g/mol. The van der Waals surface area contributed by atoms with Gasteiger partial charge in [0.1, 0.15) is 0 Å². The van der Waals surface area contributed by atoms with Crippen molar-refractivity contribution in [3.8, 4) is 0 Å². The van der Waals surface area contributed by atoms with Crippen molar-refractivity contribution < 1.29 is 0 Å². The molecule has 1 saturated heterocycles. The molecule has 0 spiro atoms. The predicted octanol–water partition coefficient (Wildman–Crippen LogP) is 3.30. The fourth-order valence-electron chi connectivity index (χ4n) is 2.42. The van der Waals surface area contributed by atoms with Crippen molar-refractivity contribution in [2.75, 3.05) is 6.54 Å². The molecule has 1 fully saturated rings. The van der Waals surface area contributed by atoms with Gasteiger partial charge in [-0.1, -0.05) is 13.8 Å². The molecule has 1 heteroatoms. The molecule has 1 nitrogen and oxygen atoms in total. The first-order valence-corrected chi connectivity index (χ1v) is 5.51. The van der Waals surface area contributed by atoms with Crippen LogP contribution in [0, 0.1) is 5.41 Å². The first-order chi connectivity index (χ1) is 5.75. The molecule has 0 aliphatic carbocycles. The lowest BCUT2D eigenvalue weighted by Gasteiger charge is -2.51. The smallest absolute Gasteiger partial charge is 0.0156 e. The van der Waals surface area contributed by atoms with Gasteiger partial charge in [-0.15, -0.1) is 0 Å². The minimum Gasteiger partial charge on any atom is -0.295 e. The van der Waals surface area contributed by atoms with Crippen LogP contribution in [0.4, 0.5) is 0 Å². The van der Waals surface area contributed by atoms with Crippen LogP contribution in [0.15, 0.2) is 0 Å². The lowest BCUT2D eigenvalue weighted by Crippen LogP contribution is -2.55. The van der Waals surface area contributed by atoms with E-state index in [0.717, 1.165) is 0 Å². The third kappa shape index (κ3) is 2.46. The Morgan fingerprint density at radius 1 is 1.00 bits per heavy atom. The Morgan fingerprint density at radius 3 is 1.92 bits per heavy atom. The molecule has 1 aliphatic rings. The SMILES string of the molecule is CC(C)N1CC(C)(C)CCC1(C)C. The van der Waals surface area contributed by atoms with Crippen molar-refractivity contribution in [2.45, 2.75) is 66.0 Å². The van der Waals surface area contributed by atoms with E-state index in [-0.39, 0.29) is 0 Å². The van der Waals surface area contributed by atoms with Gasteiger partial charge in [-0.05, 0) is 46.0 Å². The Bertz CT molecular complexity index is 180. The van der Waals surface area contributed by atoms with Gasteiger partial charge in [-0.2, -0.15) is 0 Å². The highest BCUT2D eigenvalue weighted by atomic mass is 15.2. The molecule has 0 aromatic rings. The summed E-state index contributed by atoms with van der Waals surface area (Å²) >= 11 is 0. The minimum absolute atomic E-state index is 0.406. The first kappa shape index (κ1) is 11.0. The number of hydrogen-bond donors (Lipinski definition) is 0. The number of hydrogen-bond acceptors (Lipinski definition) is 1. The van der Waals surface area contributed by atoms with Crippen LogP contribution >= 0.6 is 0 Å². The summed E-state index contributed by atoms with van der Waals surface area (Å²) < 4.78 is 0. The monoisotopic (exact) mass is 183 g/mol. The number of rotatable bonds is 1. The third-order valence-corrected chi connectivity index (χ3v) is 3.41. The quantitative estimate of drug-likeness (QED) is 0.603. The average molecular weight is 183 g/mol. The fourth-order valence-corrected chi connectivity index (χ4v) is 2.42. The Morgan fingerprint density at radius 2 is 1.54 bits per heavy atom. The Balaban J connectivity index is 2.76. The van der Waals surface area contributed by atoms with Gasteiger partial charge < -0.3 is 0 Å². The minimum atomic E-state index is 0.406. The van der Waals surface area contributed by atoms with Crippen molar-refractivity contribution in [1.82, 2.24) is 4.90 Å². The topological polar surface area (TPSA) is 3.24 Å². The van der Waals surface area contributed by atoms with E-state index in [1.165, 1.54) is 19.4 Å². The Hall–Kier alpha value is -0.0400. The van der Waals surface area contributed by atoms with Crippen LogP contribution in [-0.2, 0) is 0 Å². The third-order valence-electron chi connectivity index (χ3n) is 3.41. The van der Waals surface area contributed by atoms with Gasteiger partial charge in [0.15, 0.2) is 0 Å². The van der Waals surface area contributed by atoms with Gasteiger partial charge in [-0.3, -0.25) is 4.90 Å². The van der Waals surface area contributed by atoms with Gasteiger partial charge in [-0.25, -0.2) is 0 Å². The Kier molecular flexibility index (Phi) is 2.78. The van der Waals surface area contributed by atoms with E-state index >= 15 is 0 Å². The standard InChI is InChI=1S/C12H25N/c1-10(2)13-9-11(3,4)7-8-12(13,5)6/h10H,7-9H2,1-6H3. The highest BCUT2D eigenvalue weighted by molar-refractivity contribution is 4.93. The second kappa shape index (κ2) is 3.27. The summed E-state index contributed by atoms with van der Waals surface area (Å²) in [5, 5.41) is 0. The number of likely N-dealkylation sites (tertiary alicyclic amines) is 1. The summed E-state index contributed by atoms with van der Waals surface area (Å²) in [4.78, 5) is 2.65. The summed E-state index contributed by atoms with van der Waals surface area (Å²) in [5.41, 5.74) is 0.920. The lowest BCUT2D eigenvalue weighted by atomic mass is 9.76. The molecule has 0 saturated carbocycles. The van der Waals surface area contributed by atoms with E-state index in [0.29, 0.717) is 17.0 Å². The maximum Gasteiger partial charge on any atom is 0.0156 e. The van der Waals surface area contributed by atoms with Crippen LogP contribution in [0.2, 0.25) is 0 Å². The predicted molar refractivity (Wildman–Crippen MR) is 58.9 cm³/mol. The largest absolute Gasteiger partial charge is 0.295 e. The van der Waals surface area contributed by atoms with Crippen LogP contribution in [0.25, 0.3) is 0 Å². The molecular formula is C12H25N. The molecule has 0 bridgehead atoms. The molecule has 0 radical (unpaired) electrons. The molecule has 0 aromatic heterocycles. The fraction of sp³-hybridized carbons (Fsp3) is 1.00. The molecule has 1 aliphatic heterocycles. The zero-order valence-corrected chi connectivity index (χ0v) is 10.1. The van der Waals surface area contributed by atoms with Gasteiger partial charge in [0.25, 0.3) is 0 Å². The molecule has 0 N–H and O–H groups in total. The average Bonchev–Trinajstić information content (AvgIpc) is 1.95. The molecule has 0 aromatic carbocycles. The van der Waals surface area contributed by atoms with Crippen molar-refractivity contribution in [2.24, 2.45) is 5.41 Å². The zero-order chi connectivity index (χ0) is 10.3. The van der Waals surface area contributed by atoms with Crippen molar-refractivity contribution in [3.05, 3.63) is 0 Å². The molecule has 0 unspecified atom stereocenters. The normalized spacial score (nSPS) is 27.9. The van der Waals surface area contributed by atoms with Crippen LogP contribution in [0.3, 0.4) is 0 Å². The Labute approximate surface area is 83.5 Å².